The fraction of sp³-hybridized carbons (Fsp3) is 0.250. The van der Waals surface area contributed by atoms with Crippen LogP contribution in [0.15, 0.2) is 77.7 Å². The van der Waals surface area contributed by atoms with Crippen LogP contribution in [-0.4, -0.2) is 4.98 Å². The van der Waals surface area contributed by atoms with Gasteiger partial charge in [-0.1, -0.05) is 49.4 Å². The van der Waals surface area contributed by atoms with Crippen LogP contribution < -0.4 is 4.74 Å². The van der Waals surface area contributed by atoms with Crippen molar-refractivity contribution >= 4 is 0 Å². The predicted octanol–water partition coefficient (Wildman–Crippen LogP) is 7.34. The summed E-state index contributed by atoms with van der Waals surface area (Å²) < 4.78 is 26.9. The molecular weight excluding hydrogens is 401 g/mol. The number of halogens is 1. The average Bonchev–Trinajstić information content (AvgIpc) is 3.20. The molecular formula is C28H24FNO2. The molecule has 1 fully saturated rings. The first kappa shape index (κ1) is 19.3. The van der Waals surface area contributed by atoms with Gasteiger partial charge in [-0.15, -0.1) is 0 Å². The molecule has 2 aliphatic rings. The van der Waals surface area contributed by atoms with Crippen LogP contribution in [0.2, 0.25) is 0 Å². The maximum absolute atomic E-state index is 15.0. The monoisotopic (exact) mass is 425 g/mol. The summed E-state index contributed by atoms with van der Waals surface area (Å²) in [7, 11) is 0. The second-order valence-electron chi connectivity index (χ2n) is 8.93. The molecule has 4 heteroatoms. The van der Waals surface area contributed by atoms with Gasteiger partial charge < -0.3 is 9.15 Å². The van der Waals surface area contributed by atoms with E-state index in [9.17, 15) is 0 Å². The highest BCUT2D eigenvalue weighted by Gasteiger charge is 2.34. The number of nitrogens with zero attached hydrogens (tertiary/aromatic N) is 1. The molecule has 0 bridgehead atoms. The second-order valence-corrected chi connectivity index (χ2v) is 8.93. The summed E-state index contributed by atoms with van der Waals surface area (Å²) in [4.78, 5) is 4.06. The first-order chi connectivity index (χ1) is 15.7. The van der Waals surface area contributed by atoms with Crippen molar-refractivity contribution in [3.8, 4) is 28.2 Å². The van der Waals surface area contributed by atoms with E-state index >= 15 is 4.39 Å². The number of hydrogen-bond acceptors (Lipinski definition) is 3. The van der Waals surface area contributed by atoms with Crippen LogP contribution >= 0.6 is 0 Å². The molecule has 0 radical (unpaired) electrons. The molecule has 4 aromatic rings. The molecule has 6 rings (SSSR count). The summed E-state index contributed by atoms with van der Waals surface area (Å²) in [6.45, 7) is 2.28. The molecule has 2 aliphatic carbocycles. The number of fused-ring (bicyclic) bond motifs is 1. The standard InChI is InChI=1S/C28H24FNO2/c1-17-14-24(17)18-6-8-19(9-7-18)32-26-13-11-23-21(10-12-25(29)28(23)26)20-4-2-3-5-22(20)27-15-30-16-31-27/h2-10,12,15-17,24,26H,11,13-14H2,1H3. The number of hydrogen-bond donors (Lipinski definition) is 0. The van der Waals surface area contributed by atoms with Gasteiger partial charge in [0.05, 0.1) is 6.20 Å². The summed E-state index contributed by atoms with van der Waals surface area (Å²) in [5.41, 5.74) is 6.06. The van der Waals surface area contributed by atoms with Crippen LogP contribution in [0.3, 0.4) is 0 Å². The largest absolute Gasteiger partial charge is 0.486 e. The molecule has 0 aliphatic heterocycles. The van der Waals surface area contributed by atoms with Crippen molar-refractivity contribution < 1.29 is 13.5 Å². The number of oxazole rings is 1. The average molecular weight is 426 g/mol. The van der Waals surface area contributed by atoms with Crippen LogP contribution in [0.1, 0.15) is 48.5 Å². The van der Waals surface area contributed by atoms with Gasteiger partial charge in [0, 0.05) is 11.1 Å². The highest BCUT2D eigenvalue weighted by Crippen LogP contribution is 2.48. The lowest BCUT2D eigenvalue weighted by Gasteiger charge is -2.17. The third kappa shape index (κ3) is 3.31. The highest BCUT2D eigenvalue weighted by molar-refractivity contribution is 5.83. The minimum Gasteiger partial charge on any atom is -0.486 e. The predicted molar refractivity (Wildman–Crippen MR) is 122 cm³/mol. The smallest absolute Gasteiger partial charge is 0.181 e. The molecule has 0 N–H and O–H groups in total. The van der Waals surface area contributed by atoms with Crippen molar-refractivity contribution in [1.82, 2.24) is 4.98 Å². The third-order valence-corrected chi connectivity index (χ3v) is 6.89. The minimum absolute atomic E-state index is 0.202. The van der Waals surface area contributed by atoms with Crippen LogP contribution in [0.25, 0.3) is 22.5 Å². The second kappa shape index (κ2) is 7.63. The summed E-state index contributed by atoms with van der Waals surface area (Å²) in [6, 6.07) is 19.8. The Morgan fingerprint density at radius 3 is 2.47 bits per heavy atom. The summed E-state index contributed by atoms with van der Waals surface area (Å²) in [5, 5.41) is 0. The maximum Gasteiger partial charge on any atom is 0.181 e. The van der Waals surface area contributed by atoms with Gasteiger partial charge in [-0.3, -0.25) is 0 Å². The first-order valence-electron chi connectivity index (χ1n) is 11.2. The SMILES string of the molecule is CC1CC1c1ccc(OC2CCc3c(-c4ccccc4-c4cnco4)ccc(F)c32)cc1. The Hall–Kier alpha value is -3.40. The topological polar surface area (TPSA) is 35.3 Å². The molecule has 0 saturated heterocycles. The Balaban J connectivity index is 1.34. The summed E-state index contributed by atoms with van der Waals surface area (Å²) in [5.74, 6) is 2.75. The Morgan fingerprint density at radius 1 is 0.969 bits per heavy atom. The van der Waals surface area contributed by atoms with Gasteiger partial charge >= 0.3 is 0 Å². The van der Waals surface area contributed by atoms with Crippen molar-refractivity contribution in [3.63, 3.8) is 0 Å². The number of benzene rings is 3. The van der Waals surface area contributed by atoms with E-state index < -0.39 is 0 Å². The third-order valence-electron chi connectivity index (χ3n) is 6.89. The zero-order chi connectivity index (χ0) is 21.7. The zero-order valence-electron chi connectivity index (χ0n) is 17.9. The van der Waals surface area contributed by atoms with E-state index in [2.05, 4.69) is 30.1 Å². The fourth-order valence-electron chi connectivity index (χ4n) is 5.07. The molecule has 1 heterocycles. The van der Waals surface area contributed by atoms with Crippen molar-refractivity contribution in [2.75, 3.05) is 0 Å². The van der Waals surface area contributed by atoms with E-state index in [1.54, 1.807) is 12.3 Å². The van der Waals surface area contributed by atoms with Gasteiger partial charge in [-0.05, 0) is 71.6 Å². The highest BCUT2D eigenvalue weighted by atomic mass is 19.1. The van der Waals surface area contributed by atoms with Gasteiger partial charge in [-0.2, -0.15) is 0 Å². The van der Waals surface area contributed by atoms with Crippen LogP contribution in [0, 0.1) is 11.7 Å². The van der Waals surface area contributed by atoms with Gasteiger partial charge in [0.25, 0.3) is 0 Å². The molecule has 0 amide bonds. The molecule has 3 aromatic carbocycles. The zero-order valence-corrected chi connectivity index (χ0v) is 17.9. The Morgan fingerprint density at radius 2 is 1.75 bits per heavy atom. The fourth-order valence-corrected chi connectivity index (χ4v) is 5.07. The van der Waals surface area contributed by atoms with Crippen molar-refractivity contribution in [3.05, 3.63) is 95.8 Å². The first-order valence-corrected chi connectivity index (χ1v) is 11.2. The molecule has 1 aromatic heterocycles. The van der Waals surface area contributed by atoms with Crippen LogP contribution in [-0.2, 0) is 6.42 Å². The van der Waals surface area contributed by atoms with Crippen LogP contribution in [0.5, 0.6) is 5.75 Å². The number of ether oxygens (including phenoxy) is 1. The molecule has 1 saturated carbocycles. The number of rotatable bonds is 5. The van der Waals surface area contributed by atoms with Crippen LogP contribution in [0.4, 0.5) is 4.39 Å². The van der Waals surface area contributed by atoms with E-state index in [1.807, 2.05) is 36.4 Å². The Kier molecular flexibility index (Phi) is 4.60. The van der Waals surface area contributed by atoms with E-state index in [0.717, 1.165) is 46.8 Å². The van der Waals surface area contributed by atoms with Gasteiger partial charge in [0.15, 0.2) is 12.2 Å². The maximum atomic E-state index is 15.0. The lowest BCUT2D eigenvalue weighted by atomic mass is 9.92. The Bertz CT molecular complexity index is 1260. The lowest BCUT2D eigenvalue weighted by Crippen LogP contribution is -2.06. The lowest BCUT2D eigenvalue weighted by molar-refractivity contribution is 0.203. The molecule has 0 spiro atoms. The number of aromatic nitrogens is 1. The normalized spacial score (nSPS) is 21.4. The van der Waals surface area contributed by atoms with E-state index in [1.165, 1.54) is 18.4 Å². The van der Waals surface area contributed by atoms with Crippen molar-refractivity contribution in [2.45, 2.75) is 38.2 Å². The van der Waals surface area contributed by atoms with Gasteiger partial charge in [-0.25, -0.2) is 9.37 Å². The molecule has 160 valence electrons. The molecule has 3 atom stereocenters. The Labute approximate surface area is 186 Å². The van der Waals surface area contributed by atoms with E-state index in [-0.39, 0.29) is 11.9 Å². The van der Waals surface area contributed by atoms with E-state index in [0.29, 0.717) is 17.2 Å². The van der Waals surface area contributed by atoms with Gasteiger partial charge in [0.2, 0.25) is 0 Å². The molecule has 3 unspecified atom stereocenters. The minimum atomic E-state index is -0.284. The van der Waals surface area contributed by atoms with Crippen molar-refractivity contribution in [2.24, 2.45) is 5.92 Å². The van der Waals surface area contributed by atoms with Gasteiger partial charge in [0.1, 0.15) is 17.7 Å². The quantitative estimate of drug-likeness (QED) is 0.336. The van der Waals surface area contributed by atoms with E-state index in [4.69, 9.17) is 9.15 Å². The molecule has 32 heavy (non-hydrogen) atoms. The summed E-state index contributed by atoms with van der Waals surface area (Å²) >= 11 is 0. The summed E-state index contributed by atoms with van der Waals surface area (Å²) in [6.07, 6.45) is 5.65. The van der Waals surface area contributed by atoms with Crippen molar-refractivity contribution in [1.29, 1.82) is 0 Å². The molecule has 3 nitrogen and oxygen atoms in total.